The van der Waals surface area contributed by atoms with Crippen LogP contribution in [0.25, 0.3) is 28.1 Å². The van der Waals surface area contributed by atoms with E-state index >= 15 is 0 Å². The zero-order valence-corrected chi connectivity index (χ0v) is 42.8. The van der Waals surface area contributed by atoms with Gasteiger partial charge >= 0.3 is 23.8 Å². The first-order chi connectivity index (χ1) is 35.8. The maximum absolute atomic E-state index is 14.0. The van der Waals surface area contributed by atoms with E-state index in [0.29, 0.717) is 83.7 Å². The lowest BCUT2D eigenvalue weighted by Crippen LogP contribution is -3.14. The maximum Gasteiger partial charge on any atom is 0.424 e. The van der Waals surface area contributed by atoms with Gasteiger partial charge in [0, 0.05) is 82.8 Å². The lowest BCUT2D eigenvalue weighted by atomic mass is 9.97. The Kier molecular flexibility index (Phi) is 14.6. The summed E-state index contributed by atoms with van der Waals surface area (Å²) in [5.41, 5.74) is 7.21. The van der Waals surface area contributed by atoms with Crippen molar-refractivity contribution in [3.8, 4) is 22.4 Å². The number of carbonyl (C=O) groups is 5. The van der Waals surface area contributed by atoms with E-state index in [4.69, 9.17) is 0 Å². The van der Waals surface area contributed by atoms with Crippen LogP contribution in [-0.2, 0) is 9.59 Å². The number of rotatable bonds is 13. The van der Waals surface area contributed by atoms with Gasteiger partial charge in [0.05, 0.1) is 17.8 Å². The number of urea groups is 3. The summed E-state index contributed by atoms with van der Waals surface area (Å²) in [5, 5.41) is 9.24. The molecule has 74 heavy (non-hydrogen) atoms. The molecule has 10 rings (SSSR count). The van der Waals surface area contributed by atoms with Crippen LogP contribution in [0.4, 0.5) is 14.4 Å². The highest BCUT2D eigenvalue weighted by atomic mass is 16.2. The molecule has 0 bridgehead atoms. The predicted octanol–water partition coefficient (Wildman–Crippen LogP) is 6.93. The monoisotopic (exact) mass is 1000 g/mol. The number of piperidine rings is 2. The predicted molar refractivity (Wildman–Crippen MR) is 283 cm³/mol. The fraction of sp³-hybridized carbons (Fsp3) is 0.414. The van der Waals surface area contributed by atoms with Gasteiger partial charge in [0.2, 0.25) is 11.8 Å². The molecule has 0 saturated carbocycles. The van der Waals surface area contributed by atoms with E-state index in [1.807, 2.05) is 101 Å². The normalized spacial score (nSPS) is 22.8. The number of aromatic amines is 1. The first-order valence-electron chi connectivity index (χ1n) is 26.5. The standard InChI is InChI=1S/C58H68N10O6/c1-37(2)33-67-51(41-14-9-6-10-15-41)31-47(53(67)69)59-55(71)64-28-24-46(25-29-64)66-36-50(62-58(66)74)44-17-11-16-43(30-44)39-18-20-42(21-19-39)52-32-48(54(70)68(52)34-38(3)4)60-56(72)63-26-22-45(23-27-63)65-35-49(61-57(65)73)40-12-7-5-8-13-40/h5-21,30,35-38,45-48,51-52H,22-29,31-34H2,1-4H3,(H,59,71)(H,60,72)(H,61,73)(H,62,74)/p+1/t47-,48+,51-,52-/m0/s1. The molecule has 5 aliphatic heterocycles. The third-order valence-electron chi connectivity index (χ3n) is 15.5. The van der Waals surface area contributed by atoms with Crippen LogP contribution in [0.5, 0.6) is 0 Å². The average Bonchev–Trinajstić information content (AvgIpc) is 4.17. The minimum absolute atomic E-state index is 0.00860. The number of amides is 8. The largest absolute Gasteiger partial charge is 0.424 e. The van der Waals surface area contributed by atoms with Crippen molar-refractivity contribution in [1.29, 1.82) is 0 Å². The van der Waals surface area contributed by atoms with Crippen molar-refractivity contribution in [2.75, 3.05) is 39.3 Å². The Morgan fingerprint density at radius 1 is 0.608 bits per heavy atom. The molecule has 16 nitrogen and oxygen atoms in total. The molecule has 0 aliphatic carbocycles. The van der Waals surface area contributed by atoms with Gasteiger partial charge in [-0.15, -0.1) is 0 Å². The van der Waals surface area contributed by atoms with Crippen LogP contribution < -0.4 is 26.5 Å². The van der Waals surface area contributed by atoms with Gasteiger partial charge < -0.3 is 35.2 Å². The zero-order chi connectivity index (χ0) is 51.6. The number of nitrogens with one attached hydrogen (secondary N) is 5. The van der Waals surface area contributed by atoms with Gasteiger partial charge in [-0.05, 0) is 58.6 Å². The smallest absolute Gasteiger partial charge is 0.334 e. The molecule has 0 spiro atoms. The Labute approximate surface area is 432 Å². The molecule has 6 heterocycles. The maximum atomic E-state index is 14.0. The second-order valence-electron chi connectivity index (χ2n) is 21.6. The van der Waals surface area contributed by atoms with Crippen molar-refractivity contribution >= 4 is 35.6 Å². The van der Waals surface area contributed by atoms with Crippen LogP contribution in [0.1, 0.15) is 101 Å². The molecule has 386 valence electrons. The molecular weight excluding hydrogens is 933 g/mol. The number of nitrogens with zero attached hydrogens (tertiary/aromatic N) is 5. The molecule has 5 aromatic rings. The topological polar surface area (TPSA) is 177 Å². The fourth-order valence-corrected chi connectivity index (χ4v) is 11.7. The van der Waals surface area contributed by atoms with Crippen LogP contribution >= 0.6 is 0 Å². The second-order valence-corrected chi connectivity index (χ2v) is 21.6. The number of likely N-dealkylation sites (tertiary alicyclic amines) is 4. The number of imidazole rings is 1. The number of quaternary nitrogens is 1. The van der Waals surface area contributed by atoms with Gasteiger partial charge in [-0.3, -0.25) is 19.5 Å². The molecule has 4 fully saturated rings. The molecule has 5 atom stereocenters. The Balaban J connectivity index is 0.735. The van der Waals surface area contributed by atoms with Gasteiger partial charge in [0.15, 0.2) is 0 Å². The summed E-state index contributed by atoms with van der Waals surface area (Å²) < 4.78 is 1.75. The minimum atomic E-state index is -0.659. The fourth-order valence-electron chi connectivity index (χ4n) is 11.7. The van der Waals surface area contributed by atoms with Gasteiger partial charge in [0.1, 0.15) is 30.0 Å². The van der Waals surface area contributed by atoms with Crippen LogP contribution in [0, 0.1) is 11.8 Å². The highest BCUT2D eigenvalue weighted by Crippen LogP contribution is 2.37. The number of carbonyl (C=O) groups excluding carboxylic acids is 5. The first kappa shape index (κ1) is 50.1. The van der Waals surface area contributed by atoms with Crippen LogP contribution in [0.2, 0.25) is 0 Å². The highest BCUT2D eigenvalue weighted by molar-refractivity contribution is 5.90. The summed E-state index contributed by atoms with van der Waals surface area (Å²) in [7, 11) is 0. The Morgan fingerprint density at radius 2 is 1.12 bits per heavy atom. The summed E-state index contributed by atoms with van der Waals surface area (Å²) in [6, 6.07) is 33.9. The van der Waals surface area contributed by atoms with Gasteiger partial charge in [0.25, 0.3) is 0 Å². The number of aromatic nitrogens is 2. The molecule has 5 aliphatic rings. The van der Waals surface area contributed by atoms with Gasteiger partial charge in [-0.2, -0.15) is 0 Å². The molecule has 0 radical (unpaired) electrons. The summed E-state index contributed by atoms with van der Waals surface area (Å²) in [6.45, 7) is 11.5. The van der Waals surface area contributed by atoms with E-state index in [1.165, 1.54) is 0 Å². The van der Waals surface area contributed by atoms with E-state index in [1.54, 1.807) is 14.4 Å². The molecule has 1 aromatic heterocycles. The minimum Gasteiger partial charge on any atom is -0.334 e. The Bertz CT molecular complexity index is 2940. The van der Waals surface area contributed by atoms with Gasteiger partial charge in [-0.25, -0.2) is 24.1 Å². The number of hydrogen-bond acceptors (Lipinski definition) is 6. The Morgan fingerprint density at radius 3 is 1.69 bits per heavy atom. The quantitative estimate of drug-likeness (QED) is 0.0855. The van der Waals surface area contributed by atoms with Crippen molar-refractivity contribution < 1.29 is 28.9 Å². The molecule has 4 aromatic carbocycles. The van der Waals surface area contributed by atoms with E-state index in [0.717, 1.165) is 49.7 Å². The molecule has 1 unspecified atom stereocenters. The van der Waals surface area contributed by atoms with Gasteiger partial charge in [-0.1, -0.05) is 131 Å². The molecule has 4 saturated heterocycles. The van der Waals surface area contributed by atoms with E-state index < -0.39 is 12.1 Å². The third-order valence-corrected chi connectivity index (χ3v) is 15.5. The lowest BCUT2D eigenvalue weighted by Gasteiger charge is -2.33. The number of H-pyrrole nitrogens is 1. The summed E-state index contributed by atoms with van der Waals surface area (Å²) in [4.78, 5) is 92.3. The van der Waals surface area contributed by atoms with Crippen molar-refractivity contribution in [1.82, 2.24) is 45.1 Å². The third kappa shape index (κ3) is 10.6. The Hall–Kier alpha value is -7.46. The van der Waals surface area contributed by atoms with E-state index in [2.05, 4.69) is 79.0 Å². The number of hydrogen-bond donors (Lipinski definition) is 5. The lowest BCUT2D eigenvalue weighted by molar-refractivity contribution is -0.786. The van der Waals surface area contributed by atoms with Crippen LogP contribution in [0.15, 0.2) is 126 Å². The second kappa shape index (κ2) is 21.6. The van der Waals surface area contributed by atoms with Crippen molar-refractivity contribution in [3.63, 3.8) is 0 Å². The summed E-state index contributed by atoms with van der Waals surface area (Å²) in [6.07, 6.45) is 7.35. The van der Waals surface area contributed by atoms with Crippen molar-refractivity contribution in [3.05, 3.63) is 149 Å². The van der Waals surface area contributed by atoms with Crippen molar-refractivity contribution in [2.45, 2.75) is 102 Å². The SMILES string of the molecule is CC(C)CN1C(=O)[C@@H](NC(=O)N2CCC([NH+]3C=C(c4cccc(-c5ccc([C@@H]6C[C@@H](NC(=O)N7CCC(n8cc(-c9ccccc9)[nH]c8=O)CC7)C(=O)N6CC(C)C)cc5)c4)NC3=O)CC2)C[C@H]1c1ccccc1. The van der Waals surface area contributed by atoms with Crippen LogP contribution in [0.3, 0.4) is 0 Å². The summed E-state index contributed by atoms with van der Waals surface area (Å²) >= 11 is 0. The first-order valence-corrected chi connectivity index (χ1v) is 26.5. The average molecular weight is 1000 g/mol. The molecule has 5 N–H and O–H groups in total. The van der Waals surface area contributed by atoms with E-state index in [-0.39, 0.29) is 65.7 Å². The molecular formula is C58H69N10O6+. The highest BCUT2D eigenvalue weighted by Gasteiger charge is 2.44. The zero-order valence-electron chi connectivity index (χ0n) is 42.8. The molecule has 16 heteroatoms. The van der Waals surface area contributed by atoms with Crippen LogP contribution in [-0.4, -0.2) is 116 Å². The van der Waals surface area contributed by atoms with E-state index in [9.17, 15) is 28.8 Å². The van der Waals surface area contributed by atoms with Crippen molar-refractivity contribution in [2.24, 2.45) is 11.8 Å². The molecule has 8 amide bonds. The summed E-state index contributed by atoms with van der Waals surface area (Å²) in [5.74, 6) is 0.391. The number of benzene rings is 4.